The Morgan fingerprint density at radius 1 is 1.26 bits per heavy atom. The monoisotopic (exact) mass is 259 g/mol. The second-order valence-corrected chi connectivity index (χ2v) is 4.56. The highest BCUT2D eigenvalue weighted by molar-refractivity contribution is 6.29. The zero-order valence-electron chi connectivity index (χ0n) is 10.7. The van der Waals surface area contributed by atoms with Crippen LogP contribution in [0.1, 0.15) is 5.56 Å². The Kier molecular flexibility index (Phi) is 2.46. The van der Waals surface area contributed by atoms with E-state index in [0.29, 0.717) is 11.3 Å². The minimum Gasteiger partial charge on any atom is -0.496 e. The minimum absolute atomic E-state index is 0.253. The van der Waals surface area contributed by atoms with Crippen LogP contribution in [0.4, 0.5) is 0 Å². The molecular weight excluding hydrogens is 246 g/mol. The van der Waals surface area contributed by atoms with Gasteiger partial charge in [-0.1, -0.05) is 30.3 Å². The Morgan fingerprint density at radius 2 is 1.89 bits per heavy atom. The fraction of sp³-hybridized carbons (Fsp3) is 0.286. The van der Waals surface area contributed by atoms with Crippen LogP contribution in [0.2, 0.25) is 0 Å². The summed E-state index contributed by atoms with van der Waals surface area (Å²) in [7, 11) is 2.91. The number of hydrogen-bond donors (Lipinski definition) is 0. The van der Waals surface area contributed by atoms with Crippen molar-refractivity contribution in [2.24, 2.45) is 0 Å². The van der Waals surface area contributed by atoms with Crippen LogP contribution in [0.5, 0.6) is 0 Å². The van der Waals surface area contributed by atoms with Gasteiger partial charge in [-0.25, -0.2) is 0 Å². The predicted octanol–water partition coefficient (Wildman–Crippen LogP) is 0.812. The van der Waals surface area contributed by atoms with Gasteiger partial charge < -0.3 is 9.47 Å². The molecule has 98 valence electrons. The number of carbonyl (C=O) groups excluding carboxylic acids is 2. The first-order valence-corrected chi connectivity index (χ1v) is 5.92. The zero-order chi connectivity index (χ0) is 13.6. The van der Waals surface area contributed by atoms with Gasteiger partial charge in [0.25, 0.3) is 11.8 Å². The molecule has 1 aromatic carbocycles. The zero-order valence-corrected chi connectivity index (χ0v) is 10.7. The molecule has 1 aromatic rings. The molecule has 0 aromatic heterocycles. The Bertz CT molecular complexity index is 587. The van der Waals surface area contributed by atoms with Crippen LogP contribution >= 0.6 is 0 Å². The first-order valence-electron chi connectivity index (χ1n) is 5.92. The lowest BCUT2D eigenvalue weighted by molar-refractivity contribution is -0.145. The maximum absolute atomic E-state index is 12.3. The summed E-state index contributed by atoms with van der Waals surface area (Å²) in [5, 5.41) is 0. The summed E-state index contributed by atoms with van der Waals surface area (Å²) >= 11 is 0. The molecule has 2 heterocycles. The maximum Gasteiger partial charge on any atom is 0.271 e. The van der Waals surface area contributed by atoms with Crippen molar-refractivity contribution in [3.05, 3.63) is 41.7 Å². The van der Waals surface area contributed by atoms with Crippen LogP contribution in [0.25, 0.3) is 5.57 Å². The Hall–Kier alpha value is -2.14. The van der Waals surface area contributed by atoms with E-state index in [9.17, 15) is 9.59 Å². The highest BCUT2D eigenvalue weighted by atomic mass is 16.6. The topological polar surface area (TPSA) is 59.1 Å². The third-order valence-corrected chi connectivity index (χ3v) is 3.46. The summed E-state index contributed by atoms with van der Waals surface area (Å²) in [6.45, 7) is 0.253. The molecular formula is C14H13NO4. The van der Waals surface area contributed by atoms with E-state index in [2.05, 4.69) is 0 Å². The van der Waals surface area contributed by atoms with Crippen molar-refractivity contribution in [1.82, 2.24) is 4.90 Å². The van der Waals surface area contributed by atoms with Crippen LogP contribution in [-0.4, -0.2) is 43.1 Å². The molecule has 2 amide bonds. The van der Waals surface area contributed by atoms with E-state index in [0.717, 1.165) is 10.5 Å². The van der Waals surface area contributed by atoms with Crippen LogP contribution in [0.15, 0.2) is 36.1 Å². The molecule has 5 heteroatoms. The molecule has 1 saturated heterocycles. The van der Waals surface area contributed by atoms with Crippen molar-refractivity contribution >= 4 is 17.4 Å². The number of nitrogens with zero attached hydrogens (tertiary/aromatic N) is 1. The van der Waals surface area contributed by atoms with Gasteiger partial charge in [-0.05, 0) is 5.56 Å². The van der Waals surface area contributed by atoms with Crippen molar-refractivity contribution < 1.29 is 19.1 Å². The molecule has 0 bridgehead atoms. The van der Waals surface area contributed by atoms with Crippen LogP contribution in [0.3, 0.4) is 0 Å². The molecule has 2 aliphatic heterocycles. The first-order chi connectivity index (χ1) is 9.12. The summed E-state index contributed by atoms with van der Waals surface area (Å²) in [4.78, 5) is 25.6. The van der Waals surface area contributed by atoms with Gasteiger partial charge in [-0.2, -0.15) is 0 Å². The number of methoxy groups -OCH3 is 1. The molecule has 3 rings (SSSR count). The molecule has 1 fully saturated rings. The largest absolute Gasteiger partial charge is 0.496 e. The van der Waals surface area contributed by atoms with Gasteiger partial charge in [0, 0.05) is 7.05 Å². The Balaban J connectivity index is 2.23. The van der Waals surface area contributed by atoms with Crippen molar-refractivity contribution in [3.8, 4) is 0 Å². The third-order valence-electron chi connectivity index (χ3n) is 3.46. The van der Waals surface area contributed by atoms with E-state index < -0.39 is 5.60 Å². The van der Waals surface area contributed by atoms with E-state index >= 15 is 0 Å². The molecule has 1 spiro atoms. The van der Waals surface area contributed by atoms with Gasteiger partial charge in [0.2, 0.25) is 5.60 Å². The standard InChI is InChI=1S/C14H13NO4/c1-15-12(16)10(9-6-4-3-5-7-9)11(18-2)14(8-19-14)13(15)17/h3-7H,8H2,1-2H3. The van der Waals surface area contributed by atoms with Gasteiger partial charge >= 0.3 is 0 Å². The van der Waals surface area contributed by atoms with E-state index in [1.807, 2.05) is 30.3 Å². The molecule has 19 heavy (non-hydrogen) atoms. The summed E-state index contributed by atoms with van der Waals surface area (Å²) in [6, 6.07) is 9.15. The molecule has 1 atom stereocenters. The highest BCUT2D eigenvalue weighted by Crippen LogP contribution is 2.44. The molecule has 2 aliphatic rings. The average molecular weight is 259 g/mol. The number of likely N-dealkylation sites (N-methyl/N-ethyl adjacent to an activating group) is 1. The maximum atomic E-state index is 12.3. The summed E-state index contributed by atoms with van der Waals surface area (Å²) in [5.74, 6) is -0.421. The number of benzene rings is 1. The summed E-state index contributed by atoms with van der Waals surface area (Å²) in [6.07, 6.45) is 0. The fourth-order valence-corrected chi connectivity index (χ4v) is 2.38. The third kappa shape index (κ3) is 1.51. The summed E-state index contributed by atoms with van der Waals surface area (Å²) < 4.78 is 10.6. The molecule has 0 N–H and O–H groups in total. The van der Waals surface area contributed by atoms with Crippen molar-refractivity contribution in [2.45, 2.75) is 5.60 Å². The number of epoxide rings is 1. The number of carbonyl (C=O) groups is 2. The Labute approximate surface area is 110 Å². The smallest absolute Gasteiger partial charge is 0.271 e. The van der Waals surface area contributed by atoms with Gasteiger partial charge in [-0.15, -0.1) is 0 Å². The van der Waals surface area contributed by atoms with Crippen molar-refractivity contribution in [2.75, 3.05) is 20.8 Å². The van der Waals surface area contributed by atoms with Gasteiger partial charge in [0.05, 0.1) is 19.3 Å². The second kappa shape index (κ2) is 3.93. The van der Waals surface area contributed by atoms with Crippen molar-refractivity contribution in [1.29, 1.82) is 0 Å². The Morgan fingerprint density at radius 3 is 2.42 bits per heavy atom. The molecule has 0 radical (unpaired) electrons. The number of hydrogen-bond acceptors (Lipinski definition) is 4. The lowest BCUT2D eigenvalue weighted by Crippen LogP contribution is -2.49. The van der Waals surface area contributed by atoms with E-state index in [-0.39, 0.29) is 18.4 Å². The van der Waals surface area contributed by atoms with Crippen LogP contribution < -0.4 is 0 Å². The SMILES string of the molecule is COC1=C(c2ccccc2)C(=O)N(C)C(=O)C12CO2. The van der Waals surface area contributed by atoms with Gasteiger partial charge in [-0.3, -0.25) is 14.5 Å². The van der Waals surface area contributed by atoms with E-state index in [1.54, 1.807) is 0 Å². The van der Waals surface area contributed by atoms with Crippen molar-refractivity contribution in [3.63, 3.8) is 0 Å². The lowest BCUT2D eigenvalue weighted by Gasteiger charge is -2.29. The fourth-order valence-electron chi connectivity index (χ4n) is 2.38. The molecule has 5 nitrogen and oxygen atoms in total. The van der Waals surface area contributed by atoms with E-state index in [4.69, 9.17) is 9.47 Å². The number of rotatable bonds is 2. The number of ether oxygens (including phenoxy) is 2. The number of imide groups is 1. The predicted molar refractivity (Wildman–Crippen MR) is 66.8 cm³/mol. The highest BCUT2D eigenvalue weighted by Gasteiger charge is 2.63. The van der Waals surface area contributed by atoms with Gasteiger partial charge in [0.1, 0.15) is 0 Å². The lowest BCUT2D eigenvalue weighted by atomic mass is 9.92. The average Bonchev–Trinajstić information content (AvgIpc) is 3.23. The minimum atomic E-state index is -1.09. The van der Waals surface area contributed by atoms with E-state index in [1.165, 1.54) is 14.2 Å². The van der Waals surface area contributed by atoms with Crippen LogP contribution in [-0.2, 0) is 19.1 Å². The quantitative estimate of drug-likeness (QED) is 0.582. The van der Waals surface area contributed by atoms with Crippen LogP contribution in [0, 0.1) is 0 Å². The normalized spacial score (nSPS) is 26.1. The molecule has 1 unspecified atom stereocenters. The summed E-state index contributed by atoms with van der Waals surface area (Å²) in [5.41, 5.74) is 0.0176. The number of amides is 2. The first kappa shape index (κ1) is 11.9. The molecule has 0 aliphatic carbocycles. The molecule has 0 saturated carbocycles. The van der Waals surface area contributed by atoms with Gasteiger partial charge in [0.15, 0.2) is 5.76 Å². The second-order valence-electron chi connectivity index (χ2n) is 4.56.